The number of aromatic nitrogens is 2. The van der Waals surface area contributed by atoms with E-state index in [1.807, 2.05) is 12.1 Å². The van der Waals surface area contributed by atoms with E-state index in [2.05, 4.69) is 15.5 Å². The number of amidine groups is 1. The Morgan fingerprint density at radius 1 is 1.00 bits per heavy atom. The van der Waals surface area contributed by atoms with Crippen LogP contribution in [0.15, 0.2) is 96.0 Å². The highest BCUT2D eigenvalue weighted by atomic mass is 32.2. The average Bonchev–Trinajstić information content (AvgIpc) is 3.37. The number of nitrogens with zero attached hydrogens (tertiary/aromatic N) is 1. The predicted octanol–water partition coefficient (Wildman–Crippen LogP) is 3.27. The smallest absolute Gasteiger partial charge is 0.248 e. The number of rotatable bonds is 8. The number of hydrogen-bond acceptors (Lipinski definition) is 5. The lowest BCUT2D eigenvalue weighted by Gasteiger charge is -2.11. The summed E-state index contributed by atoms with van der Waals surface area (Å²) < 4.78 is 23.8. The van der Waals surface area contributed by atoms with Gasteiger partial charge < -0.3 is 11.1 Å². The van der Waals surface area contributed by atoms with Crippen LogP contribution in [0.25, 0.3) is 16.7 Å². The fourth-order valence-corrected chi connectivity index (χ4v) is 4.49. The van der Waals surface area contributed by atoms with Crippen molar-refractivity contribution in [3.8, 4) is 11.1 Å². The number of carbonyl (C=O) groups excluding carboxylic acids is 1. The Balaban J connectivity index is 1.59. The lowest BCUT2D eigenvalue weighted by molar-refractivity contribution is -0.111. The molecule has 4 rings (SSSR count). The maximum absolute atomic E-state index is 12.9. The lowest BCUT2D eigenvalue weighted by Crippen LogP contribution is -2.13. The van der Waals surface area contributed by atoms with Crippen LogP contribution in [-0.2, 0) is 21.2 Å². The molecule has 10 heteroatoms. The molecule has 0 aliphatic rings. The molecule has 0 radical (unpaired) electrons. The fourth-order valence-electron chi connectivity index (χ4n) is 3.73. The molecule has 0 bridgehead atoms. The average molecular weight is 501 g/mol. The second kappa shape index (κ2) is 10.4. The van der Waals surface area contributed by atoms with Crippen LogP contribution in [0, 0.1) is 5.41 Å². The molecule has 1 heterocycles. The number of benzene rings is 3. The summed E-state index contributed by atoms with van der Waals surface area (Å²) in [5, 5.41) is 22.8. The van der Waals surface area contributed by atoms with Gasteiger partial charge in [-0.15, -0.1) is 0 Å². The molecule has 0 saturated carbocycles. The van der Waals surface area contributed by atoms with E-state index in [9.17, 15) is 13.2 Å². The number of carbonyl (C=O) groups is 1. The second-order valence-electron chi connectivity index (χ2n) is 8.01. The summed E-state index contributed by atoms with van der Waals surface area (Å²) in [6.07, 6.45) is 3.58. The lowest BCUT2D eigenvalue weighted by atomic mass is 9.98. The first-order chi connectivity index (χ1) is 17.2. The maximum atomic E-state index is 12.9. The highest BCUT2D eigenvalue weighted by molar-refractivity contribution is 7.89. The minimum atomic E-state index is -3.89. The number of nitrogens with one attached hydrogen (secondary N) is 3. The summed E-state index contributed by atoms with van der Waals surface area (Å²) in [4.78, 5) is 12.9. The molecule has 7 N–H and O–H groups in total. The van der Waals surface area contributed by atoms with Crippen molar-refractivity contribution in [3.05, 3.63) is 108 Å². The first kappa shape index (κ1) is 24.6. The molecule has 0 fully saturated rings. The van der Waals surface area contributed by atoms with Crippen molar-refractivity contribution >= 4 is 33.0 Å². The molecule has 0 spiro atoms. The molecule has 9 nitrogen and oxygen atoms in total. The number of nitrogens with two attached hydrogens (primary N) is 2. The Bertz CT molecular complexity index is 1540. The van der Waals surface area contributed by atoms with Gasteiger partial charge in [0, 0.05) is 35.5 Å². The number of nitrogen functional groups attached to an aromatic ring is 1. The fraction of sp³-hybridized carbons (Fsp3) is 0.0385. The van der Waals surface area contributed by atoms with Gasteiger partial charge in [-0.1, -0.05) is 48.5 Å². The van der Waals surface area contributed by atoms with Crippen molar-refractivity contribution in [2.75, 3.05) is 5.32 Å². The SMILES string of the molecule is N=C(N)c1cccc(/C(=C\C(=O)Nc2ccc(-c3ccccc3S(N)(=O)=O)cc2)Cc2cc[nH]n2)c1. The van der Waals surface area contributed by atoms with E-state index in [1.54, 1.807) is 66.9 Å². The number of primary sulfonamides is 1. The second-order valence-corrected chi connectivity index (χ2v) is 9.54. The molecule has 4 aromatic rings. The summed E-state index contributed by atoms with van der Waals surface area (Å²) in [7, 11) is -3.89. The Kier molecular flexibility index (Phi) is 7.09. The van der Waals surface area contributed by atoms with E-state index in [-0.39, 0.29) is 16.6 Å². The number of H-pyrrole nitrogens is 1. The predicted molar refractivity (Wildman–Crippen MR) is 140 cm³/mol. The first-order valence-electron chi connectivity index (χ1n) is 10.9. The highest BCUT2D eigenvalue weighted by Crippen LogP contribution is 2.28. The first-order valence-corrected chi connectivity index (χ1v) is 12.4. The van der Waals surface area contributed by atoms with Crippen molar-refractivity contribution in [1.29, 1.82) is 5.41 Å². The van der Waals surface area contributed by atoms with Gasteiger partial charge >= 0.3 is 0 Å². The van der Waals surface area contributed by atoms with Gasteiger partial charge in [-0.3, -0.25) is 15.3 Å². The molecular weight excluding hydrogens is 476 g/mol. The Hall–Kier alpha value is -4.54. The zero-order valence-corrected chi connectivity index (χ0v) is 19.9. The van der Waals surface area contributed by atoms with Crippen LogP contribution >= 0.6 is 0 Å². The minimum Gasteiger partial charge on any atom is -0.384 e. The number of sulfonamides is 1. The Labute approximate surface area is 208 Å². The zero-order valence-electron chi connectivity index (χ0n) is 19.1. The van der Waals surface area contributed by atoms with Gasteiger partial charge in [0.05, 0.1) is 10.6 Å². The number of allylic oxidation sites excluding steroid dienone is 1. The van der Waals surface area contributed by atoms with E-state index in [0.29, 0.717) is 34.4 Å². The molecule has 36 heavy (non-hydrogen) atoms. The van der Waals surface area contributed by atoms with Crippen molar-refractivity contribution in [2.45, 2.75) is 11.3 Å². The summed E-state index contributed by atoms with van der Waals surface area (Å²) in [6, 6.07) is 22.2. The molecule has 0 aliphatic carbocycles. The van der Waals surface area contributed by atoms with Gasteiger partial charge in [-0.2, -0.15) is 5.10 Å². The van der Waals surface area contributed by atoms with Gasteiger partial charge in [0.2, 0.25) is 15.9 Å². The topological polar surface area (TPSA) is 168 Å². The zero-order chi connectivity index (χ0) is 25.7. The molecule has 0 atom stereocenters. The molecule has 1 aromatic heterocycles. The van der Waals surface area contributed by atoms with Crippen LogP contribution < -0.4 is 16.2 Å². The molecule has 0 saturated heterocycles. The van der Waals surface area contributed by atoms with Gasteiger partial charge in [-0.25, -0.2) is 13.6 Å². The summed E-state index contributed by atoms with van der Waals surface area (Å²) >= 11 is 0. The Morgan fingerprint density at radius 3 is 2.39 bits per heavy atom. The van der Waals surface area contributed by atoms with Crippen molar-refractivity contribution in [3.63, 3.8) is 0 Å². The van der Waals surface area contributed by atoms with E-state index in [1.165, 1.54) is 12.1 Å². The molecule has 0 aliphatic heterocycles. The number of anilines is 1. The van der Waals surface area contributed by atoms with Crippen LogP contribution in [0.4, 0.5) is 5.69 Å². The molecule has 182 valence electrons. The van der Waals surface area contributed by atoms with Crippen LogP contribution in [-0.4, -0.2) is 30.4 Å². The highest BCUT2D eigenvalue weighted by Gasteiger charge is 2.15. The van der Waals surface area contributed by atoms with Crippen LogP contribution in [0.2, 0.25) is 0 Å². The van der Waals surface area contributed by atoms with Crippen LogP contribution in [0.3, 0.4) is 0 Å². The van der Waals surface area contributed by atoms with E-state index in [4.69, 9.17) is 16.3 Å². The standard InChI is InChI=1S/C26H24N6O3S/c27-26(28)19-5-3-4-18(14-19)20(15-22-12-13-30-32-22)16-25(33)31-21-10-8-17(9-11-21)23-6-1-2-7-24(23)36(29,34)35/h1-14,16H,15H2,(H3,27,28)(H,30,32)(H,31,33)(H2,29,34,35)/b20-16-. The number of amides is 1. The minimum absolute atomic E-state index is 0.0283. The number of aromatic amines is 1. The van der Waals surface area contributed by atoms with Crippen LogP contribution in [0.5, 0.6) is 0 Å². The molecule has 1 amide bonds. The largest absolute Gasteiger partial charge is 0.384 e. The third-order valence-electron chi connectivity index (χ3n) is 5.44. The summed E-state index contributed by atoms with van der Waals surface area (Å²) in [5.74, 6) is -0.420. The van der Waals surface area contributed by atoms with Gasteiger partial charge in [0.1, 0.15) is 5.84 Å². The third-order valence-corrected chi connectivity index (χ3v) is 6.41. The van der Waals surface area contributed by atoms with Crippen molar-refractivity contribution in [1.82, 2.24) is 10.2 Å². The molecule has 3 aromatic carbocycles. The quantitative estimate of drug-likeness (QED) is 0.142. The summed E-state index contributed by atoms with van der Waals surface area (Å²) in [6.45, 7) is 0. The van der Waals surface area contributed by atoms with Crippen molar-refractivity contribution in [2.24, 2.45) is 10.9 Å². The van der Waals surface area contributed by atoms with E-state index >= 15 is 0 Å². The third kappa shape index (κ3) is 5.93. The Morgan fingerprint density at radius 2 is 1.72 bits per heavy atom. The van der Waals surface area contributed by atoms with Gasteiger partial charge in [-0.05, 0) is 47.0 Å². The van der Waals surface area contributed by atoms with Gasteiger partial charge in [0.25, 0.3) is 0 Å². The van der Waals surface area contributed by atoms with Crippen LogP contribution in [0.1, 0.15) is 16.8 Å². The molecular formula is C26H24N6O3S. The monoisotopic (exact) mass is 500 g/mol. The summed E-state index contributed by atoms with van der Waals surface area (Å²) in [5.41, 5.74) is 10.0. The van der Waals surface area contributed by atoms with E-state index in [0.717, 1.165) is 11.3 Å². The van der Waals surface area contributed by atoms with Gasteiger partial charge in [0.15, 0.2) is 0 Å². The molecule has 0 unspecified atom stereocenters. The maximum Gasteiger partial charge on any atom is 0.248 e. The van der Waals surface area contributed by atoms with Crippen molar-refractivity contribution < 1.29 is 13.2 Å². The normalized spacial score (nSPS) is 11.8. The van der Waals surface area contributed by atoms with E-state index < -0.39 is 10.0 Å². The number of hydrogen-bond donors (Lipinski definition) is 5.